The van der Waals surface area contributed by atoms with E-state index in [1.165, 1.54) is 6.20 Å². The summed E-state index contributed by atoms with van der Waals surface area (Å²) in [5.74, 6) is 1.01. The van der Waals surface area contributed by atoms with Gasteiger partial charge in [0, 0.05) is 17.3 Å². The Morgan fingerprint density at radius 2 is 2.00 bits per heavy atom. The van der Waals surface area contributed by atoms with Crippen LogP contribution in [0.5, 0.6) is 0 Å². The molecule has 0 unspecified atom stereocenters. The van der Waals surface area contributed by atoms with Gasteiger partial charge in [0.05, 0.1) is 4.92 Å². The first-order chi connectivity index (χ1) is 12.5. The van der Waals surface area contributed by atoms with Crippen molar-refractivity contribution >= 4 is 34.7 Å². The van der Waals surface area contributed by atoms with Crippen LogP contribution in [0.15, 0.2) is 30.5 Å². The van der Waals surface area contributed by atoms with Gasteiger partial charge in [-0.25, -0.2) is 4.98 Å². The van der Waals surface area contributed by atoms with Crippen LogP contribution < -0.4 is 10.6 Å². The lowest BCUT2D eigenvalue weighted by molar-refractivity contribution is -0.384. The number of nitrogens with zero attached hydrogens (tertiary/aromatic N) is 4. The summed E-state index contributed by atoms with van der Waals surface area (Å²) < 4.78 is 0. The fourth-order valence-electron chi connectivity index (χ4n) is 2.87. The lowest BCUT2D eigenvalue weighted by Gasteiger charge is -2.29. The number of rotatable bonds is 6. The highest BCUT2D eigenvalue weighted by Crippen LogP contribution is 2.25. The summed E-state index contributed by atoms with van der Waals surface area (Å²) in [5, 5.41) is 18.1. The van der Waals surface area contributed by atoms with Gasteiger partial charge in [0.25, 0.3) is 0 Å². The highest BCUT2D eigenvalue weighted by Gasteiger charge is 2.21. The molecular formula is C17H21ClN6O2. The van der Waals surface area contributed by atoms with E-state index in [1.54, 1.807) is 24.3 Å². The molecule has 1 aliphatic rings. The fourth-order valence-corrected chi connectivity index (χ4v) is 2.99. The molecule has 3 rings (SSSR count). The highest BCUT2D eigenvalue weighted by atomic mass is 35.5. The van der Waals surface area contributed by atoms with Crippen LogP contribution in [0.25, 0.3) is 0 Å². The second kappa shape index (κ2) is 8.29. The third kappa shape index (κ3) is 4.80. The van der Waals surface area contributed by atoms with Gasteiger partial charge in [-0.3, -0.25) is 10.1 Å². The number of nitrogens with one attached hydrogen (secondary N) is 2. The molecular weight excluding hydrogens is 356 g/mol. The van der Waals surface area contributed by atoms with Crippen LogP contribution in [0.1, 0.15) is 12.8 Å². The van der Waals surface area contributed by atoms with Crippen LogP contribution in [0.2, 0.25) is 5.02 Å². The molecule has 2 aromatic rings. The molecule has 1 aromatic carbocycles. The number of hydrogen-bond donors (Lipinski definition) is 2. The Hall–Kier alpha value is -2.45. The van der Waals surface area contributed by atoms with Crippen molar-refractivity contribution in [3.05, 3.63) is 45.6 Å². The molecule has 0 aliphatic carbocycles. The van der Waals surface area contributed by atoms with Gasteiger partial charge < -0.3 is 15.5 Å². The SMILES string of the molecule is CN1CCC(CNc2nc(Nc3ccc(Cl)cc3)ncc2[N+](=O)[O-])CC1. The van der Waals surface area contributed by atoms with E-state index in [0.29, 0.717) is 23.4 Å². The van der Waals surface area contributed by atoms with Gasteiger partial charge in [-0.15, -0.1) is 0 Å². The molecule has 26 heavy (non-hydrogen) atoms. The van der Waals surface area contributed by atoms with E-state index >= 15 is 0 Å². The van der Waals surface area contributed by atoms with Crippen LogP contribution in [0.3, 0.4) is 0 Å². The topological polar surface area (TPSA) is 96.2 Å². The molecule has 1 aromatic heterocycles. The normalized spacial score (nSPS) is 15.6. The number of likely N-dealkylation sites (tertiary alicyclic amines) is 1. The molecule has 1 fully saturated rings. The Labute approximate surface area is 156 Å². The molecule has 9 heteroatoms. The summed E-state index contributed by atoms with van der Waals surface area (Å²) in [4.78, 5) is 21.4. The van der Waals surface area contributed by atoms with Gasteiger partial charge in [-0.2, -0.15) is 4.98 Å². The van der Waals surface area contributed by atoms with Gasteiger partial charge >= 0.3 is 5.69 Å². The van der Waals surface area contributed by atoms with Crippen molar-refractivity contribution < 1.29 is 4.92 Å². The summed E-state index contributed by atoms with van der Waals surface area (Å²) >= 11 is 5.87. The zero-order valence-corrected chi connectivity index (χ0v) is 15.2. The van der Waals surface area contributed by atoms with Crippen molar-refractivity contribution in [2.45, 2.75) is 12.8 Å². The minimum Gasteiger partial charge on any atom is -0.364 e. The summed E-state index contributed by atoms with van der Waals surface area (Å²) in [5.41, 5.74) is 0.629. The molecule has 1 aliphatic heterocycles. The highest BCUT2D eigenvalue weighted by molar-refractivity contribution is 6.30. The van der Waals surface area contributed by atoms with Crippen LogP contribution in [0.4, 0.5) is 23.1 Å². The number of hydrogen-bond acceptors (Lipinski definition) is 7. The first-order valence-corrected chi connectivity index (χ1v) is 8.85. The van der Waals surface area contributed by atoms with Crippen molar-refractivity contribution in [1.82, 2.24) is 14.9 Å². The minimum atomic E-state index is -0.469. The second-order valence-electron chi connectivity index (χ2n) is 6.44. The minimum absolute atomic E-state index is 0.125. The van der Waals surface area contributed by atoms with Crippen molar-refractivity contribution in [2.24, 2.45) is 5.92 Å². The first kappa shape index (κ1) is 18.3. The van der Waals surface area contributed by atoms with Gasteiger partial charge in [0.15, 0.2) is 0 Å². The third-order valence-electron chi connectivity index (χ3n) is 4.46. The number of nitro groups is 1. The Bertz CT molecular complexity index is 762. The molecule has 0 spiro atoms. The van der Waals surface area contributed by atoms with E-state index in [-0.39, 0.29) is 11.5 Å². The van der Waals surface area contributed by atoms with E-state index in [9.17, 15) is 10.1 Å². The average Bonchev–Trinajstić information content (AvgIpc) is 2.63. The number of aromatic nitrogens is 2. The molecule has 8 nitrogen and oxygen atoms in total. The molecule has 0 radical (unpaired) electrons. The lowest BCUT2D eigenvalue weighted by atomic mass is 9.97. The van der Waals surface area contributed by atoms with Crippen molar-refractivity contribution in [1.29, 1.82) is 0 Å². The van der Waals surface area contributed by atoms with Crippen LogP contribution in [-0.4, -0.2) is 46.5 Å². The summed E-state index contributed by atoms with van der Waals surface area (Å²) in [7, 11) is 2.10. The fraction of sp³-hybridized carbons (Fsp3) is 0.412. The molecule has 0 saturated carbocycles. The Morgan fingerprint density at radius 3 is 2.65 bits per heavy atom. The zero-order valence-electron chi connectivity index (χ0n) is 14.5. The van der Waals surface area contributed by atoms with Gasteiger partial charge in [0.2, 0.25) is 11.8 Å². The first-order valence-electron chi connectivity index (χ1n) is 8.47. The number of halogens is 1. The molecule has 2 N–H and O–H groups in total. The molecule has 0 amide bonds. The lowest BCUT2D eigenvalue weighted by Crippen LogP contribution is -2.33. The van der Waals surface area contributed by atoms with E-state index in [2.05, 4.69) is 32.5 Å². The van der Waals surface area contributed by atoms with E-state index in [0.717, 1.165) is 31.6 Å². The van der Waals surface area contributed by atoms with Crippen molar-refractivity contribution in [3.8, 4) is 0 Å². The maximum Gasteiger partial charge on any atom is 0.329 e. The standard InChI is InChI=1S/C17H21ClN6O2/c1-23-8-6-12(7-9-23)10-19-16-15(24(25)26)11-20-17(22-16)21-14-4-2-13(18)3-5-14/h2-5,11-12H,6-10H2,1H3,(H2,19,20,21,22). The zero-order chi connectivity index (χ0) is 18.5. The monoisotopic (exact) mass is 376 g/mol. The summed E-state index contributed by atoms with van der Waals surface area (Å²) in [6.07, 6.45) is 3.36. The predicted molar refractivity (Wildman–Crippen MR) is 102 cm³/mol. The van der Waals surface area contributed by atoms with E-state index in [4.69, 9.17) is 11.6 Å². The molecule has 0 bridgehead atoms. The summed E-state index contributed by atoms with van der Waals surface area (Å²) in [6.45, 7) is 2.75. The van der Waals surface area contributed by atoms with Crippen LogP contribution in [-0.2, 0) is 0 Å². The van der Waals surface area contributed by atoms with Crippen LogP contribution >= 0.6 is 11.6 Å². The largest absolute Gasteiger partial charge is 0.364 e. The van der Waals surface area contributed by atoms with Crippen LogP contribution in [0, 0.1) is 16.0 Å². The smallest absolute Gasteiger partial charge is 0.329 e. The Morgan fingerprint density at radius 1 is 1.31 bits per heavy atom. The van der Waals surface area contributed by atoms with E-state index in [1.807, 2.05) is 0 Å². The predicted octanol–water partition coefficient (Wildman–Crippen LogP) is 3.54. The Kier molecular flexibility index (Phi) is 5.85. The number of anilines is 3. The van der Waals surface area contributed by atoms with Crippen molar-refractivity contribution in [3.63, 3.8) is 0 Å². The average molecular weight is 377 g/mol. The van der Waals surface area contributed by atoms with Gasteiger partial charge in [0.1, 0.15) is 6.20 Å². The number of piperidine rings is 1. The quantitative estimate of drug-likeness (QED) is 0.588. The number of benzene rings is 1. The maximum absolute atomic E-state index is 11.3. The van der Waals surface area contributed by atoms with Gasteiger partial charge in [-0.05, 0) is 63.2 Å². The molecule has 0 atom stereocenters. The second-order valence-corrected chi connectivity index (χ2v) is 6.88. The molecule has 2 heterocycles. The van der Waals surface area contributed by atoms with E-state index < -0.39 is 4.92 Å². The van der Waals surface area contributed by atoms with Gasteiger partial charge in [-0.1, -0.05) is 11.6 Å². The summed E-state index contributed by atoms with van der Waals surface area (Å²) in [6, 6.07) is 7.07. The Balaban J connectivity index is 1.71. The van der Waals surface area contributed by atoms with Crippen molar-refractivity contribution in [2.75, 3.05) is 37.3 Å². The third-order valence-corrected chi connectivity index (χ3v) is 4.71. The molecule has 1 saturated heterocycles. The molecule has 138 valence electrons. The maximum atomic E-state index is 11.3.